The van der Waals surface area contributed by atoms with Gasteiger partial charge in [0, 0.05) is 5.56 Å². The topological polar surface area (TPSA) is 88.3 Å². The molecule has 1 heterocycles. The van der Waals surface area contributed by atoms with Crippen molar-refractivity contribution in [2.75, 3.05) is 0 Å². The van der Waals surface area contributed by atoms with Crippen LogP contribution in [0.15, 0.2) is 29.1 Å². The Kier molecular flexibility index (Phi) is 3.24. The molecule has 2 N–H and O–H groups in total. The number of nitrogens with zero attached hydrogens (tertiary/aromatic N) is 2. The molecule has 0 aliphatic heterocycles. The van der Waals surface area contributed by atoms with Crippen LogP contribution in [0.5, 0.6) is 5.75 Å². The Bertz CT molecular complexity index is 528. The van der Waals surface area contributed by atoms with Crippen LogP contribution in [0.1, 0.15) is 16.2 Å². The molecule has 0 aliphatic rings. The van der Waals surface area contributed by atoms with Crippen LogP contribution < -0.4 is 5.32 Å². The van der Waals surface area contributed by atoms with Gasteiger partial charge in [-0.15, -0.1) is 0 Å². The number of phenols is 1. The molecule has 0 radical (unpaired) electrons. The summed E-state index contributed by atoms with van der Waals surface area (Å²) in [6.45, 7) is 0.161. The van der Waals surface area contributed by atoms with Crippen molar-refractivity contribution >= 4 is 17.5 Å². The van der Waals surface area contributed by atoms with Gasteiger partial charge in [0.2, 0.25) is 6.39 Å². The van der Waals surface area contributed by atoms with Crippen LogP contribution >= 0.6 is 11.6 Å². The van der Waals surface area contributed by atoms with Crippen molar-refractivity contribution in [2.45, 2.75) is 6.54 Å². The van der Waals surface area contributed by atoms with Crippen molar-refractivity contribution in [3.8, 4) is 5.75 Å². The predicted octanol–water partition coefficient (Wildman–Crippen LogP) is 1.36. The molecular formula is C10H8ClN3O3. The van der Waals surface area contributed by atoms with E-state index in [0.29, 0.717) is 11.4 Å². The minimum atomic E-state index is -0.336. The zero-order valence-corrected chi connectivity index (χ0v) is 9.31. The Morgan fingerprint density at radius 2 is 2.35 bits per heavy atom. The van der Waals surface area contributed by atoms with Gasteiger partial charge in [0.05, 0.1) is 11.6 Å². The normalized spacial score (nSPS) is 10.2. The molecule has 88 valence electrons. The van der Waals surface area contributed by atoms with Gasteiger partial charge in [-0.1, -0.05) is 16.8 Å². The minimum absolute atomic E-state index is 0.0682. The number of carbonyl (C=O) groups is 1. The maximum atomic E-state index is 11.7. The second kappa shape index (κ2) is 4.84. The molecule has 1 aromatic heterocycles. The van der Waals surface area contributed by atoms with E-state index in [1.807, 2.05) is 0 Å². The lowest BCUT2D eigenvalue weighted by Crippen LogP contribution is -2.23. The van der Waals surface area contributed by atoms with Crippen LogP contribution in [0.25, 0.3) is 0 Å². The van der Waals surface area contributed by atoms with Crippen LogP contribution in [0, 0.1) is 0 Å². The zero-order chi connectivity index (χ0) is 12.3. The molecule has 2 rings (SSSR count). The number of aromatic hydroxyl groups is 1. The number of hydrogen-bond acceptors (Lipinski definition) is 5. The average molecular weight is 254 g/mol. The molecule has 0 bridgehead atoms. The highest BCUT2D eigenvalue weighted by molar-refractivity contribution is 6.32. The van der Waals surface area contributed by atoms with E-state index in [2.05, 4.69) is 20.0 Å². The SMILES string of the molecule is O=C(NCc1ncon1)c1ccc(O)c(Cl)c1. The number of phenolic OH excluding ortho intramolecular Hbond substituents is 1. The van der Waals surface area contributed by atoms with Crippen molar-refractivity contribution < 1.29 is 14.4 Å². The van der Waals surface area contributed by atoms with E-state index in [0.717, 1.165) is 0 Å². The number of aromatic nitrogens is 2. The van der Waals surface area contributed by atoms with E-state index in [1.165, 1.54) is 24.6 Å². The Balaban J connectivity index is 2.02. The highest BCUT2D eigenvalue weighted by Gasteiger charge is 2.09. The summed E-state index contributed by atoms with van der Waals surface area (Å²) in [7, 11) is 0. The van der Waals surface area contributed by atoms with Crippen LogP contribution in [0.2, 0.25) is 5.02 Å². The molecule has 0 fully saturated rings. The van der Waals surface area contributed by atoms with E-state index in [1.54, 1.807) is 0 Å². The third-order valence-corrected chi connectivity index (χ3v) is 2.33. The van der Waals surface area contributed by atoms with Crippen LogP contribution in [0.4, 0.5) is 0 Å². The molecule has 7 heteroatoms. The number of nitrogens with one attached hydrogen (secondary N) is 1. The fourth-order valence-corrected chi connectivity index (χ4v) is 1.36. The lowest BCUT2D eigenvalue weighted by molar-refractivity contribution is 0.0949. The monoisotopic (exact) mass is 253 g/mol. The second-order valence-electron chi connectivity index (χ2n) is 3.20. The summed E-state index contributed by atoms with van der Waals surface area (Å²) in [5.41, 5.74) is 0.344. The lowest BCUT2D eigenvalue weighted by atomic mass is 10.2. The standard InChI is InChI=1S/C10H8ClN3O3/c11-7-3-6(1-2-8(7)15)10(16)12-4-9-13-5-17-14-9/h1-3,5,15H,4H2,(H,12,16). The van der Waals surface area contributed by atoms with Gasteiger partial charge < -0.3 is 14.9 Å². The molecule has 17 heavy (non-hydrogen) atoms. The largest absolute Gasteiger partial charge is 0.506 e. The highest BCUT2D eigenvalue weighted by atomic mass is 35.5. The molecule has 0 spiro atoms. The Labute approximate surface area is 101 Å². The van der Waals surface area contributed by atoms with Crippen molar-refractivity contribution in [1.82, 2.24) is 15.5 Å². The quantitative estimate of drug-likeness (QED) is 0.862. The summed E-state index contributed by atoms with van der Waals surface area (Å²) < 4.78 is 4.52. The summed E-state index contributed by atoms with van der Waals surface area (Å²) in [4.78, 5) is 15.4. The summed E-state index contributed by atoms with van der Waals surface area (Å²) in [5.74, 6) is -0.0266. The first kappa shape index (κ1) is 11.4. The van der Waals surface area contributed by atoms with Crippen LogP contribution in [-0.2, 0) is 6.54 Å². The molecule has 0 unspecified atom stereocenters. The fourth-order valence-electron chi connectivity index (χ4n) is 1.18. The van der Waals surface area contributed by atoms with Gasteiger partial charge in [-0.25, -0.2) is 0 Å². The summed E-state index contributed by atoms with van der Waals surface area (Å²) in [5, 5.41) is 15.5. The number of carbonyl (C=O) groups excluding carboxylic acids is 1. The average Bonchev–Trinajstić information content (AvgIpc) is 2.82. The van der Waals surface area contributed by atoms with Crippen molar-refractivity contribution in [2.24, 2.45) is 0 Å². The van der Waals surface area contributed by atoms with E-state index in [-0.39, 0.29) is 23.2 Å². The van der Waals surface area contributed by atoms with Gasteiger partial charge in [-0.05, 0) is 18.2 Å². The molecule has 0 saturated heterocycles. The predicted molar refractivity (Wildman–Crippen MR) is 58.6 cm³/mol. The first-order chi connectivity index (χ1) is 8.16. The van der Waals surface area contributed by atoms with Gasteiger partial charge >= 0.3 is 0 Å². The maximum Gasteiger partial charge on any atom is 0.251 e. The molecule has 1 aromatic carbocycles. The molecule has 1 amide bonds. The number of halogens is 1. The van der Waals surface area contributed by atoms with Gasteiger partial charge in [0.25, 0.3) is 5.91 Å². The molecule has 6 nitrogen and oxygen atoms in total. The van der Waals surface area contributed by atoms with Crippen molar-refractivity contribution in [1.29, 1.82) is 0 Å². The first-order valence-electron chi connectivity index (χ1n) is 4.69. The minimum Gasteiger partial charge on any atom is -0.506 e. The number of amides is 1. The van der Waals surface area contributed by atoms with E-state index in [4.69, 9.17) is 11.6 Å². The second-order valence-corrected chi connectivity index (χ2v) is 3.60. The van der Waals surface area contributed by atoms with Crippen LogP contribution in [0.3, 0.4) is 0 Å². The Morgan fingerprint density at radius 3 is 3.00 bits per heavy atom. The number of benzene rings is 1. The van der Waals surface area contributed by atoms with E-state index >= 15 is 0 Å². The summed E-state index contributed by atoms with van der Waals surface area (Å²) in [6.07, 6.45) is 1.18. The third-order valence-electron chi connectivity index (χ3n) is 2.02. The Morgan fingerprint density at radius 1 is 1.53 bits per heavy atom. The molecule has 2 aromatic rings. The molecule has 0 aliphatic carbocycles. The van der Waals surface area contributed by atoms with Crippen LogP contribution in [-0.4, -0.2) is 21.2 Å². The highest BCUT2D eigenvalue weighted by Crippen LogP contribution is 2.23. The summed E-state index contributed by atoms with van der Waals surface area (Å²) >= 11 is 5.69. The van der Waals surface area contributed by atoms with E-state index in [9.17, 15) is 9.90 Å². The van der Waals surface area contributed by atoms with Gasteiger partial charge in [0.1, 0.15) is 5.75 Å². The van der Waals surface area contributed by atoms with Gasteiger partial charge in [-0.3, -0.25) is 4.79 Å². The molecular weight excluding hydrogens is 246 g/mol. The summed E-state index contributed by atoms with van der Waals surface area (Å²) in [6, 6.07) is 4.20. The molecule has 0 saturated carbocycles. The number of hydrogen-bond donors (Lipinski definition) is 2. The lowest BCUT2D eigenvalue weighted by Gasteiger charge is -2.03. The molecule has 0 atom stereocenters. The maximum absolute atomic E-state index is 11.7. The van der Waals surface area contributed by atoms with Gasteiger partial charge in [-0.2, -0.15) is 4.98 Å². The fraction of sp³-hybridized carbons (Fsp3) is 0.100. The van der Waals surface area contributed by atoms with Crippen molar-refractivity contribution in [3.63, 3.8) is 0 Å². The Hall–Kier alpha value is -2.08. The zero-order valence-electron chi connectivity index (χ0n) is 8.55. The first-order valence-corrected chi connectivity index (χ1v) is 5.06. The smallest absolute Gasteiger partial charge is 0.251 e. The number of rotatable bonds is 3. The van der Waals surface area contributed by atoms with E-state index < -0.39 is 0 Å². The van der Waals surface area contributed by atoms with Gasteiger partial charge in [0.15, 0.2) is 5.82 Å². The third kappa shape index (κ3) is 2.73. The van der Waals surface area contributed by atoms with Crippen molar-refractivity contribution in [3.05, 3.63) is 41.0 Å².